The summed E-state index contributed by atoms with van der Waals surface area (Å²) in [5.74, 6) is -0.854. The Balaban J connectivity index is 3.62. The monoisotopic (exact) mass is 177 g/mol. The number of hydrogen-bond donors (Lipinski definition) is 2. The molecule has 0 rings (SSSR count). The average molecular weight is 178 g/mol. The van der Waals surface area contributed by atoms with Crippen molar-refractivity contribution in [2.24, 2.45) is 0 Å². The molecule has 0 heterocycles. The third-order valence-corrected chi connectivity index (χ3v) is 1.62. The Kier molecular flexibility index (Phi) is 4.90. The fourth-order valence-electron chi connectivity index (χ4n) is 0.440. The Hall–Kier alpha value is -0.540. The summed E-state index contributed by atoms with van der Waals surface area (Å²) in [6, 6.07) is -0.526. The van der Waals surface area contributed by atoms with Gasteiger partial charge in [0.05, 0.1) is 0 Å². The molecule has 64 valence electrons. The first-order chi connectivity index (χ1) is 5.07. The van der Waals surface area contributed by atoms with Crippen molar-refractivity contribution in [1.29, 1.82) is 0 Å². The van der Waals surface area contributed by atoms with Crippen LogP contribution < -0.4 is 5.32 Å². The minimum absolute atomic E-state index is 0.511. The van der Waals surface area contributed by atoms with Crippen molar-refractivity contribution in [1.82, 2.24) is 5.32 Å². The highest BCUT2D eigenvalue weighted by Gasteiger charge is 2.08. The zero-order valence-electron chi connectivity index (χ0n) is 6.60. The topological polar surface area (TPSA) is 49.3 Å². The third kappa shape index (κ3) is 4.81. The van der Waals surface area contributed by atoms with Crippen LogP contribution in [0.3, 0.4) is 0 Å². The van der Waals surface area contributed by atoms with E-state index >= 15 is 0 Å². The van der Waals surface area contributed by atoms with Crippen LogP contribution in [0.25, 0.3) is 0 Å². The predicted molar refractivity (Wildman–Crippen MR) is 44.7 cm³/mol. The summed E-state index contributed by atoms with van der Waals surface area (Å²) >= 11 is 5.37. The van der Waals surface area contributed by atoms with Crippen molar-refractivity contribution >= 4 is 17.6 Å². The van der Waals surface area contributed by atoms with E-state index in [0.29, 0.717) is 6.54 Å². The molecule has 3 nitrogen and oxygen atoms in total. The van der Waals surface area contributed by atoms with E-state index in [1.54, 1.807) is 6.92 Å². The van der Waals surface area contributed by atoms with Crippen LogP contribution >= 0.6 is 11.6 Å². The highest BCUT2D eigenvalue weighted by Crippen LogP contribution is 1.93. The Labute approximate surface area is 71.0 Å². The van der Waals surface area contributed by atoms with Gasteiger partial charge in [-0.3, -0.25) is 4.79 Å². The first kappa shape index (κ1) is 10.5. The van der Waals surface area contributed by atoms with Crippen molar-refractivity contribution in [3.63, 3.8) is 0 Å². The summed E-state index contributed by atoms with van der Waals surface area (Å²) < 4.78 is 0. The van der Waals surface area contributed by atoms with Gasteiger partial charge in [0.25, 0.3) is 0 Å². The van der Waals surface area contributed by atoms with Gasteiger partial charge >= 0.3 is 5.97 Å². The lowest BCUT2D eigenvalue weighted by Crippen LogP contribution is -2.34. The van der Waals surface area contributed by atoms with E-state index in [-0.39, 0.29) is 0 Å². The number of rotatable bonds is 4. The zero-order valence-corrected chi connectivity index (χ0v) is 7.35. The number of hydrogen-bond acceptors (Lipinski definition) is 2. The fourth-order valence-corrected chi connectivity index (χ4v) is 0.517. The highest BCUT2D eigenvalue weighted by molar-refractivity contribution is 6.25. The summed E-state index contributed by atoms with van der Waals surface area (Å²) in [6.45, 7) is 3.93. The molecule has 0 amide bonds. The lowest BCUT2D eigenvalue weighted by molar-refractivity contribution is -0.138. The minimum Gasteiger partial charge on any atom is -0.480 e. The molecule has 0 saturated carbocycles. The van der Waals surface area contributed by atoms with Gasteiger partial charge in [-0.2, -0.15) is 0 Å². The summed E-state index contributed by atoms with van der Waals surface area (Å²) in [6.07, 6.45) is 0. The van der Waals surface area contributed by atoms with Crippen LogP contribution in [-0.4, -0.2) is 23.7 Å². The van der Waals surface area contributed by atoms with E-state index in [4.69, 9.17) is 16.7 Å². The van der Waals surface area contributed by atoms with Crippen molar-refractivity contribution in [2.75, 3.05) is 6.54 Å². The van der Waals surface area contributed by atoms with E-state index in [2.05, 4.69) is 5.32 Å². The van der Waals surface area contributed by atoms with Crippen LogP contribution in [0.2, 0.25) is 0 Å². The predicted octanol–water partition coefficient (Wildman–Crippen LogP) is 1.19. The average Bonchev–Trinajstić information content (AvgIpc) is 1.99. The molecule has 11 heavy (non-hydrogen) atoms. The maximum absolute atomic E-state index is 10.3. The van der Waals surface area contributed by atoms with Crippen molar-refractivity contribution < 1.29 is 9.90 Å². The third-order valence-electron chi connectivity index (χ3n) is 1.24. The minimum atomic E-state index is -0.854. The van der Waals surface area contributed by atoms with Gasteiger partial charge < -0.3 is 10.4 Å². The second-order valence-electron chi connectivity index (χ2n) is 2.40. The maximum atomic E-state index is 10.3. The van der Waals surface area contributed by atoms with Crippen LogP contribution in [0.15, 0.2) is 11.1 Å². The normalized spacial score (nSPS) is 14.6. The molecule has 0 radical (unpaired) electrons. The maximum Gasteiger partial charge on any atom is 0.320 e. The molecule has 1 unspecified atom stereocenters. The van der Waals surface area contributed by atoms with Gasteiger partial charge in [-0.25, -0.2) is 0 Å². The summed E-state index contributed by atoms with van der Waals surface area (Å²) in [7, 11) is 0. The van der Waals surface area contributed by atoms with Gasteiger partial charge in [-0.15, -0.1) is 0 Å². The first-order valence-corrected chi connectivity index (χ1v) is 3.73. The molecule has 0 spiro atoms. The number of carboxylic acid groups (broad SMARTS) is 1. The van der Waals surface area contributed by atoms with Crippen LogP contribution in [0, 0.1) is 0 Å². The van der Waals surface area contributed by atoms with Crippen LogP contribution in [0.1, 0.15) is 13.8 Å². The number of carboxylic acids is 1. The molecule has 0 aromatic carbocycles. The number of halogens is 1. The van der Waals surface area contributed by atoms with Gasteiger partial charge in [0.1, 0.15) is 6.04 Å². The van der Waals surface area contributed by atoms with E-state index in [0.717, 1.165) is 5.57 Å². The molecular formula is C7H12ClNO2. The number of nitrogens with one attached hydrogen (secondary N) is 1. The van der Waals surface area contributed by atoms with Gasteiger partial charge in [0, 0.05) is 12.1 Å². The Morgan fingerprint density at radius 1 is 1.82 bits per heavy atom. The number of carbonyl (C=O) groups is 1. The number of aliphatic carboxylic acids is 1. The van der Waals surface area contributed by atoms with E-state index in [9.17, 15) is 4.79 Å². The molecule has 0 bridgehead atoms. The van der Waals surface area contributed by atoms with E-state index in [1.165, 1.54) is 5.54 Å². The Bertz CT molecular complexity index is 168. The van der Waals surface area contributed by atoms with Gasteiger partial charge in [0.15, 0.2) is 0 Å². The molecule has 0 fully saturated rings. The molecule has 0 aliphatic heterocycles. The van der Waals surface area contributed by atoms with Gasteiger partial charge in [-0.05, 0) is 19.4 Å². The smallest absolute Gasteiger partial charge is 0.320 e. The lowest BCUT2D eigenvalue weighted by Gasteiger charge is -2.07. The van der Waals surface area contributed by atoms with Gasteiger partial charge in [-0.1, -0.05) is 11.6 Å². The van der Waals surface area contributed by atoms with Gasteiger partial charge in [0.2, 0.25) is 0 Å². The summed E-state index contributed by atoms with van der Waals surface area (Å²) in [5.41, 5.74) is 2.35. The molecule has 0 aromatic rings. The summed E-state index contributed by atoms with van der Waals surface area (Å²) in [5, 5.41) is 11.2. The Morgan fingerprint density at radius 2 is 2.36 bits per heavy atom. The zero-order chi connectivity index (χ0) is 8.85. The molecule has 2 N–H and O–H groups in total. The SMILES string of the molecule is CC(=CCl)CNC(C)C(=O)O. The van der Waals surface area contributed by atoms with Crippen LogP contribution in [0.5, 0.6) is 0 Å². The second-order valence-corrected chi connectivity index (χ2v) is 2.61. The van der Waals surface area contributed by atoms with E-state index in [1.807, 2.05) is 6.92 Å². The molecule has 0 aliphatic rings. The summed E-state index contributed by atoms with van der Waals surface area (Å²) in [4.78, 5) is 10.3. The second kappa shape index (κ2) is 5.16. The first-order valence-electron chi connectivity index (χ1n) is 3.30. The molecule has 0 aliphatic carbocycles. The van der Waals surface area contributed by atoms with Crippen LogP contribution in [0.4, 0.5) is 0 Å². The molecule has 4 heteroatoms. The van der Waals surface area contributed by atoms with Crippen LogP contribution in [-0.2, 0) is 4.79 Å². The van der Waals surface area contributed by atoms with Crippen molar-refractivity contribution in [3.05, 3.63) is 11.1 Å². The highest BCUT2D eigenvalue weighted by atomic mass is 35.5. The molecule has 1 atom stereocenters. The standard InChI is InChI=1S/C7H12ClNO2/c1-5(3-8)4-9-6(2)7(10)11/h3,6,9H,4H2,1-2H3,(H,10,11). The molecular weight excluding hydrogens is 166 g/mol. The largest absolute Gasteiger partial charge is 0.480 e. The van der Waals surface area contributed by atoms with Crippen molar-refractivity contribution in [3.8, 4) is 0 Å². The molecule has 0 saturated heterocycles. The van der Waals surface area contributed by atoms with E-state index < -0.39 is 12.0 Å². The Morgan fingerprint density at radius 3 is 2.73 bits per heavy atom. The van der Waals surface area contributed by atoms with Crippen molar-refractivity contribution in [2.45, 2.75) is 19.9 Å². The fraction of sp³-hybridized carbons (Fsp3) is 0.571. The molecule has 0 aromatic heterocycles. The quantitative estimate of drug-likeness (QED) is 0.679. The lowest BCUT2D eigenvalue weighted by atomic mass is 10.3.